The zero-order chi connectivity index (χ0) is 17.1. The Labute approximate surface area is 149 Å². The van der Waals surface area contributed by atoms with Crippen molar-refractivity contribution in [2.24, 2.45) is 0 Å². The van der Waals surface area contributed by atoms with Crippen molar-refractivity contribution in [1.29, 1.82) is 0 Å². The van der Waals surface area contributed by atoms with E-state index in [0.717, 1.165) is 0 Å². The van der Waals surface area contributed by atoms with Gasteiger partial charge < -0.3 is 10.1 Å². The van der Waals surface area contributed by atoms with Crippen LogP contribution in [0.15, 0.2) is 42.5 Å². The standard InChI is InChI=1S/C17H14Cl2N2O3/c18-12-6-5-11(9-13(12)19)20-16(22)10-21-14-3-1-2-4-15(14)24-8-7-17(21)23/h1-6,9H,7-8,10H2,(H,20,22). The van der Waals surface area contributed by atoms with Crippen LogP contribution < -0.4 is 15.0 Å². The van der Waals surface area contributed by atoms with Gasteiger partial charge in [-0.15, -0.1) is 0 Å². The lowest BCUT2D eigenvalue weighted by molar-refractivity contribution is -0.121. The van der Waals surface area contributed by atoms with Crippen molar-refractivity contribution in [2.75, 3.05) is 23.4 Å². The average Bonchev–Trinajstić information content (AvgIpc) is 2.71. The molecule has 2 aromatic carbocycles. The average molecular weight is 365 g/mol. The molecule has 0 bridgehead atoms. The highest BCUT2D eigenvalue weighted by molar-refractivity contribution is 6.42. The summed E-state index contributed by atoms with van der Waals surface area (Å²) in [6.45, 7) is 0.181. The number of carbonyl (C=O) groups is 2. The van der Waals surface area contributed by atoms with Crippen LogP contribution in [0.5, 0.6) is 5.75 Å². The monoisotopic (exact) mass is 364 g/mol. The van der Waals surface area contributed by atoms with Crippen LogP contribution in [0.25, 0.3) is 0 Å². The third-order valence-electron chi connectivity index (χ3n) is 3.54. The summed E-state index contributed by atoms with van der Waals surface area (Å²) in [7, 11) is 0. The Kier molecular flexibility index (Phi) is 4.92. The largest absolute Gasteiger partial charge is 0.491 e. The SMILES string of the molecule is O=C(CN1C(=O)CCOc2ccccc21)Nc1ccc(Cl)c(Cl)c1. The number of halogens is 2. The molecule has 0 spiro atoms. The summed E-state index contributed by atoms with van der Waals surface area (Å²) < 4.78 is 5.55. The first kappa shape index (κ1) is 16.6. The Morgan fingerprint density at radius 1 is 1.17 bits per heavy atom. The van der Waals surface area contributed by atoms with Gasteiger partial charge in [0.15, 0.2) is 0 Å². The molecule has 124 valence electrons. The first-order valence-corrected chi connectivity index (χ1v) is 8.07. The van der Waals surface area contributed by atoms with Crippen molar-refractivity contribution in [3.8, 4) is 5.75 Å². The predicted octanol–water partition coefficient (Wildman–Crippen LogP) is 3.75. The molecular weight excluding hydrogens is 351 g/mol. The number of para-hydroxylation sites is 2. The molecule has 5 nitrogen and oxygen atoms in total. The van der Waals surface area contributed by atoms with Crippen molar-refractivity contribution >= 4 is 46.4 Å². The molecule has 1 aliphatic heterocycles. The van der Waals surface area contributed by atoms with Crippen LogP contribution >= 0.6 is 23.2 Å². The van der Waals surface area contributed by atoms with Crippen molar-refractivity contribution in [3.63, 3.8) is 0 Å². The summed E-state index contributed by atoms with van der Waals surface area (Å²) in [6.07, 6.45) is 0.217. The smallest absolute Gasteiger partial charge is 0.244 e. The minimum atomic E-state index is -0.335. The molecule has 24 heavy (non-hydrogen) atoms. The molecule has 0 saturated carbocycles. The van der Waals surface area contributed by atoms with Gasteiger partial charge in [-0.3, -0.25) is 14.5 Å². The quantitative estimate of drug-likeness (QED) is 0.901. The van der Waals surface area contributed by atoms with Crippen LogP contribution in [-0.4, -0.2) is 25.0 Å². The molecule has 1 N–H and O–H groups in total. The van der Waals surface area contributed by atoms with E-state index in [-0.39, 0.29) is 24.8 Å². The van der Waals surface area contributed by atoms with E-state index in [4.69, 9.17) is 27.9 Å². The van der Waals surface area contributed by atoms with Crippen molar-refractivity contribution in [1.82, 2.24) is 0 Å². The molecular formula is C17H14Cl2N2O3. The fourth-order valence-corrected chi connectivity index (χ4v) is 2.71. The lowest BCUT2D eigenvalue weighted by Gasteiger charge is -2.21. The Morgan fingerprint density at radius 2 is 1.96 bits per heavy atom. The van der Waals surface area contributed by atoms with Gasteiger partial charge in [-0.2, -0.15) is 0 Å². The molecule has 1 aliphatic rings. The number of nitrogens with one attached hydrogen (secondary N) is 1. The van der Waals surface area contributed by atoms with E-state index in [2.05, 4.69) is 5.32 Å². The third kappa shape index (κ3) is 3.63. The molecule has 0 radical (unpaired) electrons. The molecule has 2 aromatic rings. The van der Waals surface area contributed by atoms with Crippen molar-refractivity contribution in [2.45, 2.75) is 6.42 Å². The van der Waals surface area contributed by atoms with Crippen LogP contribution in [-0.2, 0) is 9.59 Å². The Bertz CT molecular complexity index is 795. The van der Waals surface area contributed by atoms with Gasteiger partial charge in [0.25, 0.3) is 0 Å². The first-order chi connectivity index (χ1) is 11.5. The van der Waals surface area contributed by atoms with E-state index >= 15 is 0 Å². The molecule has 1 heterocycles. The molecule has 2 amide bonds. The van der Waals surface area contributed by atoms with E-state index in [1.165, 1.54) is 4.90 Å². The third-order valence-corrected chi connectivity index (χ3v) is 4.27. The maximum absolute atomic E-state index is 12.3. The number of fused-ring (bicyclic) bond motifs is 1. The van der Waals surface area contributed by atoms with E-state index in [0.29, 0.717) is 33.8 Å². The number of anilines is 2. The van der Waals surface area contributed by atoms with Gasteiger partial charge in [-0.05, 0) is 30.3 Å². The van der Waals surface area contributed by atoms with Crippen LogP contribution in [0, 0.1) is 0 Å². The van der Waals surface area contributed by atoms with E-state index in [1.807, 2.05) is 6.07 Å². The second kappa shape index (κ2) is 7.11. The fourth-order valence-electron chi connectivity index (χ4n) is 2.41. The van der Waals surface area contributed by atoms with Gasteiger partial charge in [0.05, 0.1) is 28.8 Å². The number of hydrogen-bond donors (Lipinski definition) is 1. The summed E-state index contributed by atoms with van der Waals surface area (Å²) in [5, 5.41) is 3.46. The molecule has 0 fully saturated rings. The number of rotatable bonds is 3. The Hall–Kier alpha value is -2.24. The zero-order valence-corrected chi connectivity index (χ0v) is 14.1. The highest BCUT2D eigenvalue weighted by Gasteiger charge is 2.25. The maximum Gasteiger partial charge on any atom is 0.244 e. The maximum atomic E-state index is 12.3. The van der Waals surface area contributed by atoms with Gasteiger partial charge in [0, 0.05) is 5.69 Å². The fraction of sp³-hybridized carbons (Fsp3) is 0.176. The first-order valence-electron chi connectivity index (χ1n) is 7.31. The normalized spacial score (nSPS) is 13.8. The predicted molar refractivity (Wildman–Crippen MR) is 94.0 cm³/mol. The second-order valence-electron chi connectivity index (χ2n) is 5.22. The van der Waals surface area contributed by atoms with E-state index in [9.17, 15) is 9.59 Å². The molecule has 0 aromatic heterocycles. The summed E-state index contributed by atoms with van der Waals surface area (Å²) in [5.74, 6) is 0.0911. The van der Waals surface area contributed by atoms with Gasteiger partial charge in [-0.25, -0.2) is 0 Å². The van der Waals surface area contributed by atoms with E-state index < -0.39 is 0 Å². The highest BCUT2D eigenvalue weighted by Crippen LogP contribution is 2.31. The summed E-state index contributed by atoms with van der Waals surface area (Å²) >= 11 is 11.8. The second-order valence-corrected chi connectivity index (χ2v) is 6.04. The minimum Gasteiger partial charge on any atom is -0.491 e. The topological polar surface area (TPSA) is 58.6 Å². The summed E-state index contributed by atoms with van der Waals surface area (Å²) in [5.41, 5.74) is 1.10. The molecule has 7 heteroatoms. The van der Waals surface area contributed by atoms with Gasteiger partial charge >= 0.3 is 0 Å². The molecule has 0 aliphatic carbocycles. The molecule has 3 rings (SSSR count). The molecule has 0 unspecified atom stereocenters. The van der Waals surface area contributed by atoms with Gasteiger partial charge in [0.2, 0.25) is 11.8 Å². The Balaban J connectivity index is 1.77. The number of amides is 2. The van der Waals surface area contributed by atoms with Crippen molar-refractivity contribution in [3.05, 3.63) is 52.5 Å². The number of carbonyl (C=O) groups excluding carboxylic acids is 2. The Morgan fingerprint density at radius 3 is 2.75 bits per heavy atom. The number of benzene rings is 2. The lowest BCUT2D eigenvalue weighted by atomic mass is 10.2. The summed E-state index contributed by atoms with van der Waals surface area (Å²) in [4.78, 5) is 26.0. The number of hydrogen-bond acceptors (Lipinski definition) is 3. The number of nitrogens with zero attached hydrogens (tertiary/aromatic N) is 1. The highest BCUT2D eigenvalue weighted by atomic mass is 35.5. The van der Waals surface area contributed by atoms with Crippen LogP contribution in [0.1, 0.15) is 6.42 Å². The lowest BCUT2D eigenvalue weighted by Crippen LogP contribution is -2.37. The van der Waals surface area contributed by atoms with E-state index in [1.54, 1.807) is 36.4 Å². The molecule has 0 saturated heterocycles. The summed E-state index contributed by atoms with van der Waals surface area (Å²) in [6, 6.07) is 12.0. The minimum absolute atomic E-state index is 0.112. The van der Waals surface area contributed by atoms with Crippen molar-refractivity contribution < 1.29 is 14.3 Å². The zero-order valence-electron chi connectivity index (χ0n) is 12.6. The van der Waals surface area contributed by atoms with Gasteiger partial charge in [0.1, 0.15) is 12.3 Å². The van der Waals surface area contributed by atoms with Gasteiger partial charge in [-0.1, -0.05) is 35.3 Å². The number of ether oxygens (including phenoxy) is 1. The molecule has 0 atom stereocenters. The van der Waals surface area contributed by atoms with Crippen LogP contribution in [0.3, 0.4) is 0 Å². The van der Waals surface area contributed by atoms with Crippen LogP contribution in [0.4, 0.5) is 11.4 Å². The van der Waals surface area contributed by atoms with Crippen LogP contribution in [0.2, 0.25) is 10.0 Å².